The minimum atomic E-state index is 0.00151. The van der Waals surface area contributed by atoms with Crippen LogP contribution in [0.4, 0.5) is 0 Å². The van der Waals surface area contributed by atoms with E-state index in [2.05, 4.69) is 35.1 Å². The first-order valence-corrected chi connectivity index (χ1v) is 8.02. The van der Waals surface area contributed by atoms with E-state index in [-0.39, 0.29) is 24.0 Å². The van der Waals surface area contributed by atoms with E-state index in [9.17, 15) is 4.79 Å². The standard InChI is InChI=1S/C14H24BrNO2/c1-8-9(2)18-10(3)13(8)14(17)16-12-7-5-4-6-11(12)15/h8-13H,4-7H2,1-3H3,(H,16,17). The van der Waals surface area contributed by atoms with Crippen LogP contribution in [-0.2, 0) is 9.53 Å². The Bertz CT molecular complexity index is 310. The lowest BCUT2D eigenvalue weighted by Gasteiger charge is -2.30. The summed E-state index contributed by atoms with van der Waals surface area (Å²) in [5.74, 6) is 0.481. The van der Waals surface area contributed by atoms with Crippen molar-refractivity contribution in [3.63, 3.8) is 0 Å². The summed E-state index contributed by atoms with van der Waals surface area (Å²) < 4.78 is 5.75. The number of hydrogen-bond acceptors (Lipinski definition) is 2. The number of carbonyl (C=O) groups is 1. The number of halogens is 1. The highest BCUT2D eigenvalue weighted by Gasteiger charge is 2.42. The quantitative estimate of drug-likeness (QED) is 0.795. The molecule has 0 radical (unpaired) electrons. The Morgan fingerprint density at radius 1 is 1.17 bits per heavy atom. The van der Waals surface area contributed by atoms with Crippen LogP contribution in [-0.4, -0.2) is 29.0 Å². The monoisotopic (exact) mass is 317 g/mol. The van der Waals surface area contributed by atoms with Crippen molar-refractivity contribution in [3.05, 3.63) is 0 Å². The van der Waals surface area contributed by atoms with E-state index in [0.717, 1.165) is 12.8 Å². The first kappa shape index (κ1) is 14.3. The largest absolute Gasteiger partial charge is 0.374 e. The van der Waals surface area contributed by atoms with Gasteiger partial charge in [-0.1, -0.05) is 35.7 Å². The Labute approximate surface area is 118 Å². The fourth-order valence-electron chi connectivity index (χ4n) is 3.25. The molecule has 6 unspecified atom stereocenters. The molecule has 18 heavy (non-hydrogen) atoms. The van der Waals surface area contributed by atoms with E-state index in [1.807, 2.05) is 6.92 Å². The fourth-order valence-corrected chi connectivity index (χ4v) is 3.97. The molecule has 0 aromatic heterocycles. The molecule has 0 bridgehead atoms. The van der Waals surface area contributed by atoms with Gasteiger partial charge in [-0.15, -0.1) is 0 Å². The number of rotatable bonds is 2. The molecule has 0 aromatic rings. The molecule has 1 N–H and O–H groups in total. The second-order valence-corrected chi connectivity index (χ2v) is 7.02. The van der Waals surface area contributed by atoms with E-state index < -0.39 is 0 Å². The van der Waals surface area contributed by atoms with Crippen LogP contribution in [0.3, 0.4) is 0 Å². The summed E-state index contributed by atoms with van der Waals surface area (Å²) in [6, 6.07) is 0.293. The molecule has 0 spiro atoms. The van der Waals surface area contributed by atoms with Crippen LogP contribution in [0.15, 0.2) is 0 Å². The summed E-state index contributed by atoms with van der Waals surface area (Å²) in [7, 11) is 0. The van der Waals surface area contributed by atoms with E-state index >= 15 is 0 Å². The zero-order valence-corrected chi connectivity index (χ0v) is 13.1. The van der Waals surface area contributed by atoms with Crippen molar-refractivity contribution in [2.24, 2.45) is 11.8 Å². The molecular formula is C14H24BrNO2. The Morgan fingerprint density at radius 2 is 1.83 bits per heavy atom. The fraction of sp³-hybridized carbons (Fsp3) is 0.929. The number of ether oxygens (including phenoxy) is 1. The van der Waals surface area contributed by atoms with Gasteiger partial charge in [-0.3, -0.25) is 4.79 Å². The topological polar surface area (TPSA) is 38.3 Å². The van der Waals surface area contributed by atoms with Gasteiger partial charge in [0.25, 0.3) is 0 Å². The molecule has 1 heterocycles. The number of alkyl halides is 1. The van der Waals surface area contributed by atoms with Crippen LogP contribution in [0.2, 0.25) is 0 Å². The summed E-state index contributed by atoms with van der Waals surface area (Å²) in [6.07, 6.45) is 4.95. The summed E-state index contributed by atoms with van der Waals surface area (Å²) in [5, 5.41) is 3.23. The Kier molecular flexibility index (Phi) is 4.70. The maximum absolute atomic E-state index is 12.4. The van der Waals surface area contributed by atoms with Crippen LogP contribution in [0.1, 0.15) is 46.5 Å². The van der Waals surface area contributed by atoms with Crippen molar-refractivity contribution in [1.29, 1.82) is 0 Å². The Hall–Kier alpha value is -0.0900. The number of carbonyl (C=O) groups excluding carboxylic acids is 1. The lowest BCUT2D eigenvalue weighted by molar-refractivity contribution is -0.128. The van der Waals surface area contributed by atoms with Gasteiger partial charge < -0.3 is 10.1 Å². The maximum Gasteiger partial charge on any atom is 0.226 e. The highest BCUT2D eigenvalue weighted by atomic mass is 79.9. The molecule has 3 nitrogen and oxygen atoms in total. The van der Waals surface area contributed by atoms with Crippen LogP contribution in [0, 0.1) is 11.8 Å². The minimum Gasteiger partial charge on any atom is -0.374 e. The maximum atomic E-state index is 12.4. The number of amides is 1. The molecule has 1 amide bonds. The molecule has 4 heteroatoms. The normalized spacial score (nSPS) is 44.9. The lowest BCUT2D eigenvalue weighted by atomic mass is 9.87. The highest BCUT2D eigenvalue weighted by Crippen LogP contribution is 2.33. The van der Waals surface area contributed by atoms with Crippen molar-refractivity contribution in [1.82, 2.24) is 5.32 Å². The average Bonchev–Trinajstić information content (AvgIpc) is 2.56. The zero-order chi connectivity index (χ0) is 13.3. The molecule has 104 valence electrons. The molecule has 1 saturated carbocycles. The van der Waals surface area contributed by atoms with E-state index in [0.29, 0.717) is 16.8 Å². The van der Waals surface area contributed by atoms with E-state index in [1.165, 1.54) is 12.8 Å². The third kappa shape index (κ3) is 2.90. The Balaban J connectivity index is 1.95. The molecule has 6 atom stereocenters. The molecule has 1 aliphatic carbocycles. The van der Waals surface area contributed by atoms with Gasteiger partial charge in [0.15, 0.2) is 0 Å². The minimum absolute atomic E-state index is 0.00151. The third-order valence-electron chi connectivity index (χ3n) is 4.55. The van der Waals surface area contributed by atoms with Crippen molar-refractivity contribution in [2.75, 3.05) is 0 Å². The predicted octanol–water partition coefficient (Wildman–Crippen LogP) is 2.87. The summed E-state index contributed by atoms with van der Waals surface area (Å²) in [6.45, 7) is 6.18. The zero-order valence-electron chi connectivity index (χ0n) is 11.5. The lowest BCUT2D eigenvalue weighted by Crippen LogP contribution is -2.47. The highest BCUT2D eigenvalue weighted by molar-refractivity contribution is 9.09. The van der Waals surface area contributed by atoms with Crippen LogP contribution in [0.25, 0.3) is 0 Å². The van der Waals surface area contributed by atoms with Crippen LogP contribution in [0.5, 0.6) is 0 Å². The van der Waals surface area contributed by atoms with Crippen molar-refractivity contribution in [3.8, 4) is 0 Å². The molecule has 0 aromatic carbocycles. The second-order valence-electron chi connectivity index (χ2n) is 5.85. The van der Waals surface area contributed by atoms with Gasteiger partial charge in [0, 0.05) is 10.9 Å². The summed E-state index contributed by atoms with van der Waals surface area (Å²) in [5.41, 5.74) is 0. The predicted molar refractivity (Wildman–Crippen MR) is 75.8 cm³/mol. The molecule has 2 rings (SSSR count). The smallest absolute Gasteiger partial charge is 0.226 e. The molecular weight excluding hydrogens is 294 g/mol. The van der Waals surface area contributed by atoms with Crippen molar-refractivity contribution < 1.29 is 9.53 Å². The van der Waals surface area contributed by atoms with Crippen LogP contribution >= 0.6 is 15.9 Å². The molecule has 2 aliphatic rings. The number of nitrogens with one attached hydrogen (secondary N) is 1. The van der Waals surface area contributed by atoms with Gasteiger partial charge in [-0.2, -0.15) is 0 Å². The SMILES string of the molecule is CC1OC(C)C(C(=O)NC2CCCCC2Br)C1C. The van der Waals surface area contributed by atoms with E-state index in [4.69, 9.17) is 4.74 Å². The van der Waals surface area contributed by atoms with Gasteiger partial charge in [0.1, 0.15) is 0 Å². The first-order chi connectivity index (χ1) is 8.50. The average molecular weight is 318 g/mol. The molecule has 1 saturated heterocycles. The Morgan fingerprint density at radius 3 is 2.39 bits per heavy atom. The van der Waals surface area contributed by atoms with Crippen molar-refractivity contribution >= 4 is 21.8 Å². The first-order valence-electron chi connectivity index (χ1n) is 7.10. The van der Waals surface area contributed by atoms with Gasteiger partial charge in [-0.05, 0) is 32.6 Å². The van der Waals surface area contributed by atoms with Gasteiger partial charge in [0.05, 0.1) is 18.1 Å². The third-order valence-corrected chi connectivity index (χ3v) is 5.65. The molecule has 1 aliphatic heterocycles. The van der Waals surface area contributed by atoms with Gasteiger partial charge in [0.2, 0.25) is 5.91 Å². The molecule has 2 fully saturated rings. The summed E-state index contributed by atoms with van der Waals surface area (Å²) in [4.78, 5) is 12.8. The van der Waals surface area contributed by atoms with Gasteiger partial charge >= 0.3 is 0 Å². The van der Waals surface area contributed by atoms with E-state index in [1.54, 1.807) is 0 Å². The van der Waals surface area contributed by atoms with Crippen molar-refractivity contribution in [2.45, 2.75) is 69.5 Å². The second kappa shape index (κ2) is 5.91. The van der Waals surface area contributed by atoms with Gasteiger partial charge in [-0.25, -0.2) is 0 Å². The van der Waals surface area contributed by atoms with Crippen LogP contribution < -0.4 is 5.32 Å². The summed E-state index contributed by atoms with van der Waals surface area (Å²) >= 11 is 3.69. The number of hydrogen-bond donors (Lipinski definition) is 1.